The van der Waals surface area contributed by atoms with Gasteiger partial charge in [0.2, 0.25) is 5.88 Å². The van der Waals surface area contributed by atoms with Crippen LogP contribution in [0.15, 0.2) is 54.6 Å². The van der Waals surface area contributed by atoms with Crippen molar-refractivity contribution >= 4 is 0 Å². The highest BCUT2D eigenvalue weighted by Crippen LogP contribution is 2.32. The summed E-state index contributed by atoms with van der Waals surface area (Å²) in [6.45, 7) is 10.3. The van der Waals surface area contributed by atoms with Crippen molar-refractivity contribution in [2.75, 3.05) is 20.2 Å². The van der Waals surface area contributed by atoms with Gasteiger partial charge < -0.3 is 14.6 Å². The molecular formula is C25H33N3O3. The lowest BCUT2D eigenvalue weighted by atomic mass is 10.1. The second-order valence-corrected chi connectivity index (χ2v) is 8.33. The maximum absolute atomic E-state index is 10.0. The minimum Gasteiger partial charge on any atom is -0.497 e. The second kappa shape index (κ2) is 10.5. The summed E-state index contributed by atoms with van der Waals surface area (Å²) in [7, 11) is 1.65. The number of aliphatic hydroxyl groups excluding tert-OH is 1. The Balaban J connectivity index is 2.01. The molecule has 1 aromatic heterocycles. The number of nitrogens with zero attached hydrogens (tertiary/aromatic N) is 3. The lowest BCUT2D eigenvalue weighted by Gasteiger charge is -2.26. The maximum Gasteiger partial charge on any atom is 0.227 e. The molecule has 0 aliphatic carbocycles. The molecule has 0 radical (unpaired) electrons. The van der Waals surface area contributed by atoms with E-state index in [0.717, 1.165) is 29.2 Å². The molecule has 6 heteroatoms. The van der Waals surface area contributed by atoms with Gasteiger partial charge in [0.15, 0.2) is 0 Å². The summed E-state index contributed by atoms with van der Waals surface area (Å²) in [5, 5.41) is 14.8. The first-order valence-electron chi connectivity index (χ1n) is 10.7. The molecule has 2 aromatic carbocycles. The van der Waals surface area contributed by atoms with Crippen LogP contribution in [-0.2, 0) is 6.54 Å². The van der Waals surface area contributed by atoms with Crippen molar-refractivity contribution in [1.29, 1.82) is 0 Å². The molecule has 0 bridgehead atoms. The predicted octanol–water partition coefficient (Wildman–Crippen LogP) is 4.82. The van der Waals surface area contributed by atoms with Crippen molar-refractivity contribution in [3.05, 3.63) is 65.9 Å². The van der Waals surface area contributed by atoms with Gasteiger partial charge in [-0.05, 0) is 56.2 Å². The Morgan fingerprint density at radius 2 is 1.61 bits per heavy atom. The van der Waals surface area contributed by atoms with Crippen LogP contribution < -0.4 is 9.47 Å². The molecule has 0 spiro atoms. The molecule has 3 aromatic rings. The molecule has 1 atom stereocenters. The molecule has 0 amide bonds. The van der Waals surface area contributed by atoms with Crippen molar-refractivity contribution in [1.82, 2.24) is 14.7 Å². The minimum atomic E-state index is -0.408. The molecule has 3 rings (SSSR count). The average molecular weight is 424 g/mol. The van der Waals surface area contributed by atoms with Gasteiger partial charge in [0, 0.05) is 19.6 Å². The minimum absolute atomic E-state index is 0.408. The second-order valence-electron chi connectivity index (χ2n) is 8.33. The third-order valence-electron chi connectivity index (χ3n) is 4.94. The Hall–Kier alpha value is -2.83. The number of benzene rings is 2. The molecule has 31 heavy (non-hydrogen) atoms. The summed E-state index contributed by atoms with van der Waals surface area (Å²) in [6, 6.07) is 17.5. The number of hydrogen-bond acceptors (Lipinski definition) is 5. The molecule has 0 aliphatic heterocycles. The number of aromatic nitrogens is 2. The van der Waals surface area contributed by atoms with Gasteiger partial charge in [0.25, 0.3) is 0 Å². The molecule has 1 N–H and O–H groups in total. The number of hydrogen-bond donors (Lipinski definition) is 1. The maximum atomic E-state index is 10.0. The van der Waals surface area contributed by atoms with Gasteiger partial charge in [-0.1, -0.05) is 32.0 Å². The van der Waals surface area contributed by atoms with Crippen LogP contribution in [0.4, 0.5) is 0 Å². The number of rotatable bonds is 10. The van der Waals surface area contributed by atoms with Crippen LogP contribution in [0.3, 0.4) is 0 Å². The number of aliphatic hydroxyl groups is 1. The van der Waals surface area contributed by atoms with E-state index in [1.807, 2.05) is 73.1 Å². The predicted molar refractivity (Wildman–Crippen MR) is 123 cm³/mol. The largest absolute Gasteiger partial charge is 0.497 e. The first kappa shape index (κ1) is 22.8. The van der Waals surface area contributed by atoms with Crippen molar-refractivity contribution in [2.45, 2.75) is 40.3 Å². The fourth-order valence-corrected chi connectivity index (χ4v) is 3.64. The third-order valence-corrected chi connectivity index (χ3v) is 4.94. The number of methoxy groups -OCH3 is 1. The Morgan fingerprint density at radius 3 is 2.19 bits per heavy atom. The molecule has 0 saturated carbocycles. The van der Waals surface area contributed by atoms with Crippen LogP contribution in [0.1, 0.15) is 32.0 Å². The summed E-state index contributed by atoms with van der Waals surface area (Å²) in [5.74, 6) is 2.66. The summed E-state index contributed by atoms with van der Waals surface area (Å²) < 4.78 is 13.5. The number of ether oxygens (including phenoxy) is 2. The number of aryl methyl sites for hydroxylation is 1. The van der Waals surface area contributed by atoms with Gasteiger partial charge in [0.1, 0.15) is 11.5 Å². The third kappa shape index (κ3) is 6.09. The molecule has 1 unspecified atom stereocenters. The Kier molecular flexibility index (Phi) is 7.71. The highest BCUT2D eigenvalue weighted by molar-refractivity contribution is 5.44. The number of para-hydroxylation sites is 1. The van der Waals surface area contributed by atoms with E-state index in [-0.39, 0.29) is 0 Å². The average Bonchev–Trinajstić information content (AvgIpc) is 3.03. The van der Waals surface area contributed by atoms with E-state index in [2.05, 4.69) is 18.7 Å². The van der Waals surface area contributed by atoms with E-state index in [9.17, 15) is 5.11 Å². The molecule has 0 aliphatic rings. The van der Waals surface area contributed by atoms with Gasteiger partial charge in [0.05, 0.1) is 30.2 Å². The van der Waals surface area contributed by atoms with Crippen LogP contribution in [0.5, 0.6) is 17.4 Å². The van der Waals surface area contributed by atoms with Gasteiger partial charge in [-0.3, -0.25) is 4.90 Å². The van der Waals surface area contributed by atoms with Crippen molar-refractivity contribution in [3.63, 3.8) is 0 Å². The van der Waals surface area contributed by atoms with Crippen LogP contribution in [-0.4, -0.2) is 46.1 Å². The van der Waals surface area contributed by atoms with Crippen LogP contribution in [0, 0.1) is 12.8 Å². The molecular weight excluding hydrogens is 390 g/mol. The smallest absolute Gasteiger partial charge is 0.227 e. The first-order valence-corrected chi connectivity index (χ1v) is 10.7. The van der Waals surface area contributed by atoms with Gasteiger partial charge in [-0.15, -0.1) is 0 Å². The lowest BCUT2D eigenvalue weighted by molar-refractivity contribution is 0.114. The summed E-state index contributed by atoms with van der Waals surface area (Å²) in [5.41, 5.74) is 2.86. The highest BCUT2D eigenvalue weighted by Gasteiger charge is 2.22. The Labute approximate surface area is 185 Å². The van der Waals surface area contributed by atoms with E-state index in [1.165, 1.54) is 0 Å². The summed E-state index contributed by atoms with van der Waals surface area (Å²) >= 11 is 0. The van der Waals surface area contributed by atoms with Gasteiger partial charge in [-0.2, -0.15) is 5.10 Å². The van der Waals surface area contributed by atoms with E-state index < -0.39 is 6.10 Å². The molecule has 6 nitrogen and oxygen atoms in total. The zero-order chi connectivity index (χ0) is 22.4. The van der Waals surface area contributed by atoms with Gasteiger partial charge >= 0.3 is 0 Å². The Morgan fingerprint density at radius 1 is 0.968 bits per heavy atom. The normalized spacial score (nSPS) is 12.4. The summed E-state index contributed by atoms with van der Waals surface area (Å²) in [4.78, 5) is 2.26. The van der Waals surface area contributed by atoms with E-state index in [1.54, 1.807) is 7.11 Å². The molecule has 0 saturated heterocycles. The zero-order valence-electron chi connectivity index (χ0n) is 19.1. The molecule has 0 fully saturated rings. The van der Waals surface area contributed by atoms with Gasteiger partial charge in [-0.25, -0.2) is 4.68 Å². The van der Waals surface area contributed by atoms with Crippen molar-refractivity contribution < 1.29 is 14.6 Å². The van der Waals surface area contributed by atoms with Crippen LogP contribution in [0.25, 0.3) is 5.69 Å². The SMILES string of the molecule is COc1ccc(Oc2c(CN(CC(C)C)CC(C)O)c(C)nn2-c2ccccc2)cc1. The molecule has 1 heterocycles. The fraction of sp³-hybridized carbons (Fsp3) is 0.400. The van der Waals surface area contributed by atoms with Crippen LogP contribution >= 0.6 is 0 Å². The Bertz CT molecular complexity index is 940. The topological polar surface area (TPSA) is 59.8 Å². The fourth-order valence-electron chi connectivity index (χ4n) is 3.64. The quantitative estimate of drug-likeness (QED) is 0.507. The monoisotopic (exact) mass is 423 g/mol. The summed E-state index contributed by atoms with van der Waals surface area (Å²) in [6.07, 6.45) is -0.408. The zero-order valence-corrected chi connectivity index (χ0v) is 19.1. The van der Waals surface area contributed by atoms with E-state index in [0.29, 0.717) is 30.6 Å². The van der Waals surface area contributed by atoms with E-state index in [4.69, 9.17) is 14.6 Å². The highest BCUT2D eigenvalue weighted by atomic mass is 16.5. The van der Waals surface area contributed by atoms with E-state index >= 15 is 0 Å². The standard InChI is InChI=1S/C25H33N3O3/c1-18(2)15-27(16-19(3)29)17-24-20(4)26-28(21-9-7-6-8-10-21)25(24)31-23-13-11-22(30-5)12-14-23/h6-14,18-19,29H,15-17H2,1-5H3. The van der Waals surface area contributed by atoms with Crippen molar-refractivity contribution in [3.8, 4) is 23.1 Å². The first-order chi connectivity index (χ1) is 14.9. The van der Waals surface area contributed by atoms with Crippen LogP contribution in [0.2, 0.25) is 0 Å². The van der Waals surface area contributed by atoms with Crippen molar-refractivity contribution in [2.24, 2.45) is 5.92 Å². The lowest BCUT2D eigenvalue weighted by Crippen LogP contribution is -2.33. The molecule has 166 valence electrons.